The second-order valence-corrected chi connectivity index (χ2v) is 7.48. The lowest BCUT2D eigenvalue weighted by Gasteiger charge is -2.32. The monoisotopic (exact) mass is 347 g/mol. The molecular formula is C23H25NO2. The van der Waals surface area contributed by atoms with Gasteiger partial charge in [-0.1, -0.05) is 62.6 Å². The van der Waals surface area contributed by atoms with Gasteiger partial charge in [0.2, 0.25) is 0 Å². The minimum atomic E-state index is 0.0310. The summed E-state index contributed by atoms with van der Waals surface area (Å²) in [6.45, 7) is 3.88. The van der Waals surface area contributed by atoms with Crippen LogP contribution in [-0.4, -0.2) is 29.7 Å². The number of likely N-dealkylation sites (tertiary alicyclic amines) is 1. The average molecular weight is 347 g/mol. The number of rotatable bonds is 4. The van der Waals surface area contributed by atoms with Gasteiger partial charge in [-0.25, -0.2) is 0 Å². The van der Waals surface area contributed by atoms with Crippen LogP contribution in [0, 0.1) is 5.92 Å². The molecule has 2 aromatic rings. The van der Waals surface area contributed by atoms with Crippen LogP contribution in [0.1, 0.15) is 65.3 Å². The molecule has 1 fully saturated rings. The molecule has 2 aliphatic rings. The number of carbonyl (C=O) groups is 2. The number of ketones is 1. The highest BCUT2D eigenvalue weighted by atomic mass is 16.2. The van der Waals surface area contributed by atoms with E-state index in [0.717, 1.165) is 43.0 Å². The summed E-state index contributed by atoms with van der Waals surface area (Å²) in [6, 6.07) is 13.2. The minimum absolute atomic E-state index is 0.0310. The highest BCUT2D eigenvalue weighted by Gasteiger charge is 2.32. The molecule has 4 rings (SSSR count). The van der Waals surface area contributed by atoms with Gasteiger partial charge in [0.15, 0.2) is 5.78 Å². The fourth-order valence-corrected chi connectivity index (χ4v) is 4.34. The van der Waals surface area contributed by atoms with E-state index in [1.807, 2.05) is 47.4 Å². The van der Waals surface area contributed by atoms with Crippen molar-refractivity contribution < 1.29 is 9.59 Å². The zero-order valence-corrected chi connectivity index (χ0v) is 15.3. The van der Waals surface area contributed by atoms with E-state index in [4.69, 9.17) is 0 Å². The lowest BCUT2D eigenvalue weighted by Crippen LogP contribution is -2.38. The van der Waals surface area contributed by atoms with Gasteiger partial charge in [-0.15, -0.1) is 0 Å². The van der Waals surface area contributed by atoms with Crippen LogP contribution in [0.25, 0.3) is 11.1 Å². The van der Waals surface area contributed by atoms with Gasteiger partial charge in [0.25, 0.3) is 5.91 Å². The average Bonchev–Trinajstić information content (AvgIpc) is 2.99. The molecule has 0 aromatic heterocycles. The van der Waals surface area contributed by atoms with E-state index < -0.39 is 0 Å². The molecule has 1 heterocycles. The second kappa shape index (κ2) is 7.06. The molecule has 3 nitrogen and oxygen atoms in total. The summed E-state index contributed by atoms with van der Waals surface area (Å²) in [5, 5.41) is 0. The highest BCUT2D eigenvalue weighted by Crippen LogP contribution is 2.39. The van der Waals surface area contributed by atoms with Crippen LogP contribution in [0.15, 0.2) is 42.5 Å². The number of hydrogen-bond acceptors (Lipinski definition) is 2. The number of carbonyl (C=O) groups excluding carboxylic acids is 2. The number of hydrogen-bond donors (Lipinski definition) is 0. The molecule has 1 saturated heterocycles. The van der Waals surface area contributed by atoms with E-state index in [1.165, 1.54) is 19.3 Å². The maximum atomic E-state index is 13.2. The van der Waals surface area contributed by atoms with Crippen LogP contribution in [0.3, 0.4) is 0 Å². The molecule has 26 heavy (non-hydrogen) atoms. The highest BCUT2D eigenvalue weighted by molar-refractivity contribution is 6.24. The van der Waals surface area contributed by atoms with Crippen LogP contribution >= 0.6 is 0 Å². The van der Waals surface area contributed by atoms with Gasteiger partial charge in [-0.2, -0.15) is 0 Å². The van der Waals surface area contributed by atoms with Gasteiger partial charge in [0, 0.05) is 35.3 Å². The molecule has 2 aromatic carbocycles. The second-order valence-electron chi connectivity index (χ2n) is 7.48. The Morgan fingerprint density at radius 1 is 1.00 bits per heavy atom. The zero-order valence-electron chi connectivity index (χ0n) is 15.3. The Balaban J connectivity index is 1.59. The molecule has 0 bridgehead atoms. The van der Waals surface area contributed by atoms with Crippen molar-refractivity contribution in [3.63, 3.8) is 0 Å². The number of nitrogens with zero attached hydrogens (tertiary/aromatic N) is 1. The Morgan fingerprint density at radius 2 is 1.69 bits per heavy atom. The molecule has 3 heteroatoms. The smallest absolute Gasteiger partial charge is 0.254 e. The Bertz CT molecular complexity index is 847. The molecule has 0 spiro atoms. The van der Waals surface area contributed by atoms with Crippen LogP contribution in [-0.2, 0) is 0 Å². The fraction of sp³-hybridized carbons (Fsp3) is 0.391. The summed E-state index contributed by atoms with van der Waals surface area (Å²) in [5.74, 6) is 0.853. The van der Waals surface area contributed by atoms with Gasteiger partial charge in [-0.3, -0.25) is 9.59 Å². The van der Waals surface area contributed by atoms with E-state index in [1.54, 1.807) is 0 Å². The first kappa shape index (κ1) is 17.0. The summed E-state index contributed by atoms with van der Waals surface area (Å²) in [5.41, 5.74) is 3.77. The molecule has 1 aliphatic carbocycles. The number of unbranched alkanes of at least 4 members (excludes halogenated alkanes) is 1. The molecule has 0 atom stereocenters. The van der Waals surface area contributed by atoms with Crippen LogP contribution < -0.4 is 0 Å². The van der Waals surface area contributed by atoms with Crippen molar-refractivity contribution in [2.45, 2.75) is 39.0 Å². The van der Waals surface area contributed by atoms with Crippen molar-refractivity contribution in [1.82, 2.24) is 4.90 Å². The summed E-state index contributed by atoms with van der Waals surface area (Å²) in [6.07, 6.45) is 5.99. The molecule has 0 unspecified atom stereocenters. The molecular weight excluding hydrogens is 322 g/mol. The standard InChI is InChI=1S/C23H25NO2/c1-2-3-7-16-12-14-24(15-13-16)23(26)20-11-6-10-19-21(20)17-8-4-5-9-18(17)22(19)25/h4-6,8-11,16H,2-3,7,12-15H2,1H3. The third-order valence-electron chi connectivity index (χ3n) is 5.85. The predicted molar refractivity (Wildman–Crippen MR) is 103 cm³/mol. The zero-order chi connectivity index (χ0) is 18.1. The summed E-state index contributed by atoms with van der Waals surface area (Å²) in [7, 11) is 0. The summed E-state index contributed by atoms with van der Waals surface area (Å²) in [4.78, 5) is 27.8. The van der Waals surface area contributed by atoms with E-state index in [9.17, 15) is 9.59 Å². The van der Waals surface area contributed by atoms with E-state index in [2.05, 4.69) is 6.92 Å². The summed E-state index contributed by atoms with van der Waals surface area (Å²) >= 11 is 0. The van der Waals surface area contributed by atoms with Gasteiger partial charge in [0.05, 0.1) is 0 Å². The van der Waals surface area contributed by atoms with E-state index >= 15 is 0 Å². The summed E-state index contributed by atoms with van der Waals surface area (Å²) < 4.78 is 0. The SMILES string of the molecule is CCCCC1CCN(C(=O)c2cccc3c2-c2ccccc2C3=O)CC1. The molecule has 0 saturated carbocycles. The third-order valence-corrected chi connectivity index (χ3v) is 5.85. The van der Waals surface area contributed by atoms with Crippen LogP contribution in [0.4, 0.5) is 0 Å². The Morgan fingerprint density at radius 3 is 2.42 bits per heavy atom. The fourth-order valence-electron chi connectivity index (χ4n) is 4.34. The first-order chi connectivity index (χ1) is 12.7. The van der Waals surface area contributed by atoms with E-state index in [0.29, 0.717) is 16.7 Å². The van der Waals surface area contributed by atoms with Crippen molar-refractivity contribution in [3.8, 4) is 11.1 Å². The van der Waals surface area contributed by atoms with Gasteiger partial charge in [-0.05, 0) is 30.4 Å². The molecule has 1 aliphatic heterocycles. The van der Waals surface area contributed by atoms with Gasteiger partial charge in [0.1, 0.15) is 0 Å². The lowest BCUT2D eigenvalue weighted by atomic mass is 9.91. The maximum Gasteiger partial charge on any atom is 0.254 e. The maximum absolute atomic E-state index is 13.2. The van der Waals surface area contributed by atoms with Crippen molar-refractivity contribution in [1.29, 1.82) is 0 Å². The third kappa shape index (κ3) is 2.86. The van der Waals surface area contributed by atoms with E-state index in [-0.39, 0.29) is 11.7 Å². The van der Waals surface area contributed by atoms with Crippen molar-refractivity contribution >= 4 is 11.7 Å². The Kier molecular flexibility index (Phi) is 4.62. The molecule has 0 radical (unpaired) electrons. The van der Waals surface area contributed by atoms with Gasteiger partial charge >= 0.3 is 0 Å². The Hall–Kier alpha value is -2.42. The molecule has 0 N–H and O–H groups in total. The van der Waals surface area contributed by atoms with Crippen molar-refractivity contribution in [2.75, 3.05) is 13.1 Å². The number of amides is 1. The number of fused-ring (bicyclic) bond motifs is 3. The van der Waals surface area contributed by atoms with Crippen molar-refractivity contribution in [2.24, 2.45) is 5.92 Å². The van der Waals surface area contributed by atoms with Crippen LogP contribution in [0.5, 0.6) is 0 Å². The number of benzene rings is 2. The normalized spacial score (nSPS) is 16.5. The first-order valence-corrected chi connectivity index (χ1v) is 9.77. The first-order valence-electron chi connectivity index (χ1n) is 9.77. The molecule has 134 valence electrons. The molecule has 1 amide bonds. The topological polar surface area (TPSA) is 37.4 Å². The minimum Gasteiger partial charge on any atom is -0.339 e. The quantitative estimate of drug-likeness (QED) is 0.670. The predicted octanol–water partition coefficient (Wildman–Crippen LogP) is 4.94. The van der Waals surface area contributed by atoms with Crippen molar-refractivity contribution in [3.05, 3.63) is 59.2 Å². The van der Waals surface area contributed by atoms with Crippen LogP contribution in [0.2, 0.25) is 0 Å². The largest absolute Gasteiger partial charge is 0.339 e. The van der Waals surface area contributed by atoms with Gasteiger partial charge < -0.3 is 4.90 Å². The lowest BCUT2D eigenvalue weighted by molar-refractivity contribution is 0.0686. The Labute approximate surface area is 155 Å². The number of piperidine rings is 1.